The lowest BCUT2D eigenvalue weighted by Crippen LogP contribution is -2.48. The first kappa shape index (κ1) is 18.5. The van der Waals surface area contributed by atoms with Crippen molar-refractivity contribution < 1.29 is 9.59 Å². The van der Waals surface area contributed by atoms with Crippen molar-refractivity contribution in [2.75, 3.05) is 46.3 Å². The van der Waals surface area contributed by atoms with Gasteiger partial charge in [0.05, 0.1) is 0 Å². The van der Waals surface area contributed by atoms with Gasteiger partial charge in [-0.1, -0.05) is 20.3 Å². The van der Waals surface area contributed by atoms with Crippen LogP contribution in [-0.4, -0.2) is 72.8 Å². The second-order valence-electron chi connectivity index (χ2n) is 6.38. The summed E-state index contributed by atoms with van der Waals surface area (Å²) in [6.07, 6.45) is 2.07. The van der Waals surface area contributed by atoms with E-state index in [1.165, 1.54) is 0 Å². The van der Waals surface area contributed by atoms with Crippen LogP contribution in [-0.2, 0) is 0 Å². The molecule has 1 aromatic rings. The van der Waals surface area contributed by atoms with Gasteiger partial charge >= 0.3 is 0 Å². The van der Waals surface area contributed by atoms with E-state index in [1.54, 1.807) is 29.2 Å². The first-order chi connectivity index (χ1) is 11.6. The number of rotatable bonds is 6. The Balaban J connectivity index is 1.96. The molecule has 0 aliphatic carbocycles. The Hall–Kier alpha value is -1.88. The zero-order valence-corrected chi connectivity index (χ0v) is 15.1. The fourth-order valence-corrected chi connectivity index (χ4v) is 2.92. The minimum Gasteiger partial charge on any atom is -0.342 e. The predicted octanol–water partition coefficient (Wildman–Crippen LogP) is 2.34. The van der Waals surface area contributed by atoms with Crippen LogP contribution in [0.1, 0.15) is 47.4 Å². The van der Waals surface area contributed by atoms with Gasteiger partial charge in [0.2, 0.25) is 0 Å². The summed E-state index contributed by atoms with van der Waals surface area (Å²) in [6.45, 7) is 9.45. The lowest BCUT2D eigenvalue weighted by Gasteiger charge is -2.34. The summed E-state index contributed by atoms with van der Waals surface area (Å²) in [5.41, 5.74) is 1.30. The molecule has 0 spiro atoms. The number of hydrogen-bond donors (Lipinski definition) is 0. The van der Waals surface area contributed by atoms with Gasteiger partial charge in [-0.2, -0.15) is 0 Å². The molecule has 2 rings (SSSR count). The number of piperazine rings is 1. The number of carbonyl (C=O) groups excluding carboxylic acids is 2. The minimum absolute atomic E-state index is 0.0130. The molecule has 1 aliphatic rings. The van der Waals surface area contributed by atoms with Crippen molar-refractivity contribution in [3.8, 4) is 0 Å². The fraction of sp³-hybridized carbons (Fsp3) is 0.579. The standard InChI is InChI=1S/C19H29N3O2/c1-4-6-11-20(3)18(23)16-7-9-17(10-8-16)19(24)22-14-12-21(5-2)13-15-22/h7-10H,4-6,11-15H2,1-3H3. The summed E-state index contributed by atoms with van der Waals surface area (Å²) in [4.78, 5) is 30.9. The zero-order chi connectivity index (χ0) is 17.5. The summed E-state index contributed by atoms with van der Waals surface area (Å²) < 4.78 is 0. The Bertz CT molecular complexity index is 548. The number of benzene rings is 1. The predicted molar refractivity (Wildman–Crippen MR) is 96.3 cm³/mol. The molecule has 0 N–H and O–H groups in total. The smallest absolute Gasteiger partial charge is 0.253 e. The first-order valence-corrected chi connectivity index (χ1v) is 8.94. The quantitative estimate of drug-likeness (QED) is 0.804. The number of hydrogen-bond acceptors (Lipinski definition) is 3. The molecule has 0 unspecified atom stereocenters. The average molecular weight is 331 g/mol. The molecule has 0 saturated carbocycles. The summed E-state index contributed by atoms with van der Waals surface area (Å²) in [7, 11) is 1.82. The molecule has 1 saturated heterocycles. The van der Waals surface area contributed by atoms with Gasteiger partial charge in [-0.05, 0) is 37.2 Å². The second-order valence-corrected chi connectivity index (χ2v) is 6.38. The molecule has 2 amide bonds. The van der Waals surface area contributed by atoms with Crippen LogP contribution in [0.15, 0.2) is 24.3 Å². The monoisotopic (exact) mass is 331 g/mol. The normalized spacial score (nSPS) is 15.4. The van der Waals surface area contributed by atoms with Crippen molar-refractivity contribution in [3.63, 3.8) is 0 Å². The molecule has 0 bridgehead atoms. The molecule has 1 aromatic carbocycles. The van der Waals surface area contributed by atoms with Gasteiger partial charge < -0.3 is 14.7 Å². The van der Waals surface area contributed by atoms with Crippen molar-refractivity contribution in [1.82, 2.24) is 14.7 Å². The van der Waals surface area contributed by atoms with Gasteiger partial charge in [0.15, 0.2) is 0 Å². The van der Waals surface area contributed by atoms with Crippen LogP contribution in [0.2, 0.25) is 0 Å². The lowest BCUT2D eigenvalue weighted by molar-refractivity contribution is 0.0642. The van der Waals surface area contributed by atoms with Crippen LogP contribution >= 0.6 is 0 Å². The van der Waals surface area contributed by atoms with E-state index in [0.29, 0.717) is 11.1 Å². The van der Waals surface area contributed by atoms with Crippen molar-refractivity contribution >= 4 is 11.8 Å². The zero-order valence-electron chi connectivity index (χ0n) is 15.1. The van der Waals surface area contributed by atoms with Crippen LogP contribution in [0.25, 0.3) is 0 Å². The lowest BCUT2D eigenvalue weighted by atomic mass is 10.1. The van der Waals surface area contributed by atoms with Gasteiger partial charge in [0.25, 0.3) is 11.8 Å². The molecule has 132 valence electrons. The highest BCUT2D eigenvalue weighted by molar-refractivity contribution is 5.97. The Morgan fingerprint density at radius 3 is 2.12 bits per heavy atom. The topological polar surface area (TPSA) is 43.9 Å². The van der Waals surface area contributed by atoms with Crippen LogP contribution < -0.4 is 0 Å². The first-order valence-electron chi connectivity index (χ1n) is 8.94. The largest absolute Gasteiger partial charge is 0.342 e. The van der Waals surface area contributed by atoms with E-state index in [2.05, 4.69) is 18.7 Å². The van der Waals surface area contributed by atoms with E-state index < -0.39 is 0 Å². The number of likely N-dealkylation sites (N-methyl/N-ethyl adjacent to an activating group) is 1. The minimum atomic E-state index is 0.0130. The van der Waals surface area contributed by atoms with E-state index in [4.69, 9.17) is 0 Å². The van der Waals surface area contributed by atoms with Gasteiger partial charge in [-0.3, -0.25) is 9.59 Å². The third kappa shape index (κ3) is 4.57. The van der Waals surface area contributed by atoms with Crippen molar-refractivity contribution in [1.29, 1.82) is 0 Å². The maximum Gasteiger partial charge on any atom is 0.253 e. The van der Waals surface area contributed by atoms with Gasteiger partial charge in [0, 0.05) is 50.9 Å². The highest BCUT2D eigenvalue weighted by atomic mass is 16.2. The molecule has 1 aliphatic heterocycles. The van der Waals surface area contributed by atoms with E-state index >= 15 is 0 Å². The van der Waals surface area contributed by atoms with Crippen molar-refractivity contribution in [3.05, 3.63) is 35.4 Å². The second kappa shape index (κ2) is 8.83. The summed E-state index contributed by atoms with van der Waals surface area (Å²) in [5.74, 6) is 0.0723. The van der Waals surface area contributed by atoms with E-state index in [-0.39, 0.29) is 11.8 Å². The Morgan fingerprint density at radius 2 is 1.58 bits per heavy atom. The number of amides is 2. The molecule has 1 fully saturated rings. The molecule has 0 aromatic heterocycles. The van der Waals surface area contributed by atoms with Crippen LogP contribution in [0.5, 0.6) is 0 Å². The van der Waals surface area contributed by atoms with Crippen LogP contribution in [0, 0.1) is 0 Å². The van der Waals surface area contributed by atoms with E-state index in [1.807, 2.05) is 11.9 Å². The maximum atomic E-state index is 12.6. The number of unbranched alkanes of at least 4 members (excludes halogenated alkanes) is 1. The number of nitrogens with zero attached hydrogens (tertiary/aromatic N) is 3. The number of carbonyl (C=O) groups is 2. The molecule has 0 radical (unpaired) electrons. The van der Waals surface area contributed by atoms with Crippen molar-refractivity contribution in [2.45, 2.75) is 26.7 Å². The summed E-state index contributed by atoms with van der Waals surface area (Å²) in [6, 6.07) is 7.07. The molecular weight excluding hydrogens is 302 g/mol. The molecule has 0 atom stereocenters. The van der Waals surface area contributed by atoms with Gasteiger partial charge in [-0.25, -0.2) is 0 Å². The van der Waals surface area contributed by atoms with Crippen LogP contribution in [0.3, 0.4) is 0 Å². The average Bonchev–Trinajstić information content (AvgIpc) is 2.65. The van der Waals surface area contributed by atoms with E-state index in [9.17, 15) is 9.59 Å². The summed E-state index contributed by atoms with van der Waals surface area (Å²) >= 11 is 0. The SMILES string of the molecule is CCCCN(C)C(=O)c1ccc(C(=O)N2CCN(CC)CC2)cc1. The Kier molecular flexibility index (Phi) is 6.79. The van der Waals surface area contributed by atoms with Crippen LogP contribution in [0.4, 0.5) is 0 Å². The molecule has 5 nitrogen and oxygen atoms in total. The third-order valence-corrected chi connectivity index (χ3v) is 4.68. The van der Waals surface area contributed by atoms with Gasteiger partial charge in [-0.15, -0.1) is 0 Å². The molecule has 24 heavy (non-hydrogen) atoms. The maximum absolute atomic E-state index is 12.6. The molecule has 5 heteroatoms. The van der Waals surface area contributed by atoms with E-state index in [0.717, 1.165) is 52.1 Å². The highest BCUT2D eigenvalue weighted by Gasteiger charge is 2.21. The summed E-state index contributed by atoms with van der Waals surface area (Å²) in [5, 5.41) is 0. The Labute approximate surface area is 145 Å². The van der Waals surface area contributed by atoms with Gasteiger partial charge in [0.1, 0.15) is 0 Å². The third-order valence-electron chi connectivity index (χ3n) is 4.68. The fourth-order valence-electron chi connectivity index (χ4n) is 2.92. The molecule has 1 heterocycles. The highest BCUT2D eigenvalue weighted by Crippen LogP contribution is 2.12. The van der Waals surface area contributed by atoms with Crippen molar-refractivity contribution in [2.24, 2.45) is 0 Å². The Morgan fingerprint density at radius 1 is 1.00 bits per heavy atom. The molecular formula is C19H29N3O2.